The minimum Gasteiger partial charge on any atom is -0.354 e. The van der Waals surface area contributed by atoms with Crippen molar-refractivity contribution in [3.8, 4) is 0 Å². The van der Waals surface area contributed by atoms with E-state index in [1.807, 2.05) is 31.4 Å². The topological polar surface area (TPSA) is 61.7 Å². The number of rotatable bonds is 3. The molecule has 1 aliphatic heterocycles. The highest BCUT2D eigenvalue weighted by Gasteiger charge is 2.21. The van der Waals surface area contributed by atoms with Crippen LogP contribution in [0.4, 0.5) is 5.82 Å². The predicted molar refractivity (Wildman–Crippen MR) is 77.8 cm³/mol. The number of hydrogen-bond acceptors (Lipinski definition) is 4. The van der Waals surface area contributed by atoms with Crippen LogP contribution in [0.1, 0.15) is 12.1 Å². The van der Waals surface area contributed by atoms with Crippen molar-refractivity contribution in [1.29, 1.82) is 0 Å². The highest BCUT2D eigenvalue weighted by atomic mass is 16.2. The van der Waals surface area contributed by atoms with Gasteiger partial charge in [-0.05, 0) is 25.6 Å². The molecule has 1 fully saturated rings. The van der Waals surface area contributed by atoms with Crippen molar-refractivity contribution in [2.24, 2.45) is 0 Å². The van der Waals surface area contributed by atoms with Crippen LogP contribution in [-0.4, -0.2) is 42.0 Å². The van der Waals surface area contributed by atoms with Gasteiger partial charge in [0.15, 0.2) is 5.82 Å². The van der Waals surface area contributed by atoms with Crippen molar-refractivity contribution < 1.29 is 4.79 Å². The van der Waals surface area contributed by atoms with Gasteiger partial charge < -0.3 is 19.9 Å². The number of nitrogens with one attached hydrogen (secondary N) is 2. The molecule has 6 nitrogen and oxygen atoms in total. The first-order valence-electron chi connectivity index (χ1n) is 6.92. The molecule has 0 unspecified atom stereocenters. The van der Waals surface area contributed by atoms with Gasteiger partial charge in [0.1, 0.15) is 5.65 Å². The summed E-state index contributed by atoms with van der Waals surface area (Å²) in [4.78, 5) is 18.5. The summed E-state index contributed by atoms with van der Waals surface area (Å²) in [7, 11) is 1.92. The van der Waals surface area contributed by atoms with E-state index in [4.69, 9.17) is 4.98 Å². The van der Waals surface area contributed by atoms with Crippen LogP contribution in [0.5, 0.6) is 0 Å². The van der Waals surface area contributed by atoms with Gasteiger partial charge in [-0.3, -0.25) is 4.79 Å². The summed E-state index contributed by atoms with van der Waals surface area (Å²) in [5, 5.41) is 6.08. The molecule has 3 heterocycles. The lowest BCUT2D eigenvalue weighted by Crippen LogP contribution is -2.34. The SMILES string of the molecule is CNCc1c(N2CCCNC(=O)C2)nc2ccccn12. The molecule has 3 rings (SSSR count). The molecule has 20 heavy (non-hydrogen) atoms. The Hall–Kier alpha value is -2.08. The summed E-state index contributed by atoms with van der Waals surface area (Å²) in [6.45, 7) is 2.68. The summed E-state index contributed by atoms with van der Waals surface area (Å²) < 4.78 is 2.08. The van der Waals surface area contributed by atoms with E-state index in [9.17, 15) is 4.79 Å². The highest BCUT2D eigenvalue weighted by molar-refractivity contribution is 5.81. The van der Waals surface area contributed by atoms with Gasteiger partial charge in [0.05, 0.1) is 12.2 Å². The molecule has 1 aliphatic rings. The quantitative estimate of drug-likeness (QED) is 0.849. The zero-order valence-electron chi connectivity index (χ0n) is 11.6. The molecule has 106 valence electrons. The molecular weight excluding hydrogens is 254 g/mol. The van der Waals surface area contributed by atoms with Gasteiger partial charge in [0.25, 0.3) is 0 Å². The van der Waals surface area contributed by atoms with Gasteiger partial charge in [-0.15, -0.1) is 0 Å². The Morgan fingerprint density at radius 2 is 2.35 bits per heavy atom. The molecule has 2 aromatic heterocycles. The number of aromatic nitrogens is 2. The van der Waals surface area contributed by atoms with Crippen molar-refractivity contribution in [2.45, 2.75) is 13.0 Å². The molecule has 0 bridgehead atoms. The maximum atomic E-state index is 11.7. The van der Waals surface area contributed by atoms with Crippen LogP contribution in [0.15, 0.2) is 24.4 Å². The predicted octanol–water partition coefficient (Wildman–Crippen LogP) is 0.380. The van der Waals surface area contributed by atoms with Crippen molar-refractivity contribution in [3.63, 3.8) is 0 Å². The van der Waals surface area contributed by atoms with Gasteiger partial charge in [0.2, 0.25) is 5.91 Å². The number of anilines is 1. The van der Waals surface area contributed by atoms with Crippen LogP contribution in [0.25, 0.3) is 5.65 Å². The summed E-state index contributed by atoms with van der Waals surface area (Å²) >= 11 is 0. The third-order valence-corrected chi connectivity index (χ3v) is 3.51. The third kappa shape index (κ3) is 2.34. The lowest BCUT2D eigenvalue weighted by atomic mass is 10.3. The normalized spacial score (nSPS) is 16.2. The molecule has 0 aliphatic carbocycles. The Kier molecular flexibility index (Phi) is 3.56. The maximum absolute atomic E-state index is 11.7. The fourth-order valence-electron chi connectivity index (χ4n) is 2.61. The van der Waals surface area contributed by atoms with Crippen LogP contribution in [0, 0.1) is 0 Å². The summed E-state index contributed by atoms with van der Waals surface area (Å²) in [5.74, 6) is 0.970. The van der Waals surface area contributed by atoms with Crippen LogP contribution in [0.2, 0.25) is 0 Å². The number of carbonyl (C=O) groups is 1. The summed E-state index contributed by atoms with van der Waals surface area (Å²) in [5.41, 5.74) is 2.01. The summed E-state index contributed by atoms with van der Waals surface area (Å²) in [6, 6.07) is 5.96. The number of hydrogen-bond donors (Lipinski definition) is 2. The summed E-state index contributed by atoms with van der Waals surface area (Å²) in [6.07, 6.45) is 2.95. The molecule has 1 saturated heterocycles. The lowest BCUT2D eigenvalue weighted by Gasteiger charge is -2.20. The standard InChI is InChI=1S/C14H19N5O/c1-15-9-11-14(17-12-5-2-3-8-19(11)12)18-7-4-6-16-13(20)10-18/h2-3,5,8,15H,4,6-7,9-10H2,1H3,(H,16,20). The molecule has 0 radical (unpaired) electrons. The van der Waals surface area contributed by atoms with E-state index in [0.29, 0.717) is 6.54 Å². The second-order valence-corrected chi connectivity index (χ2v) is 4.97. The van der Waals surface area contributed by atoms with Crippen molar-refractivity contribution in [1.82, 2.24) is 20.0 Å². The molecule has 0 saturated carbocycles. The number of carbonyl (C=O) groups excluding carboxylic acids is 1. The zero-order chi connectivity index (χ0) is 13.9. The Morgan fingerprint density at radius 3 is 3.20 bits per heavy atom. The lowest BCUT2D eigenvalue weighted by molar-refractivity contribution is -0.119. The average Bonchev–Trinajstić information content (AvgIpc) is 2.67. The second-order valence-electron chi connectivity index (χ2n) is 4.97. The zero-order valence-corrected chi connectivity index (χ0v) is 11.6. The number of amides is 1. The molecule has 0 aromatic carbocycles. The fraction of sp³-hybridized carbons (Fsp3) is 0.429. The van der Waals surface area contributed by atoms with E-state index in [-0.39, 0.29) is 5.91 Å². The van der Waals surface area contributed by atoms with Gasteiger partial charge in [-0.2, -0.15) is 0 Å². The first-order chi connectivity index (χ1) is 9.79. The second kappa shape index (κ2) is 5.50. The maximum Gasteiger partial charge on any atom is 0.239 e. The first-order valence-corrected chi connectivity index (χ1v) is 6.92. The van der Waals surface area contributed by atoms with Gasteiger partial charge in [-0.1, -0.05) is 6.07 Å². The number of nitrogens with zero attached hydrogens (tertiary/aromatic N) is 3. The van der Waals surface area contributed by atoms with Crippen LogP contribution >= 0.6 is 0 Å². The van der Waals surface area contributed by atoms with E-state index < -0.39 is 0 Å². The van der Waals surface area contributed by atoms with E-state index in [2.05, 4.69) is 19.9 Å². The monoisotopic (exact) mass is 273 g/mol. The third-order valence-electron chi connectivity index (χ3n) is 3.51. The van der Waals surface area contributed by atoms with Crippen molar-refractivity contribution in [3.05, 3.63) is 30.1 Å². The van der Waals surface area contributed by atoms with E-state index >= 15 is 0 Å². The Labute approximate surface area is 117 Å². The van der Waals surface area contributed by atoms with Gasteiger partial charge in [-0.25, -0.2) is 4.98 Å². The Bertz CT molecular complexity index is 621. The molecule has 0 atom stereocenters. The minimum absolute atomic E-state index is 0.0648. The van der Waals surface area contributed by atoms with E-state index in [0.717, 1.165) is 43.2 Å². The largest absolute Gasteiger partial charge is 0.354 e. The highest BCUT2D eigenvalue weighted by Crippen LogP contribution is 2.22. The number of pyridine rings is 1. The van der Waals surface area contributed by atoms with Crippen LogP contribution in [0.3, 0.4) is 0 Å². The van der Waals surface area contributed by atoms with Gasteiger partial charge in [0, 0.05) is 25.8 Å². The molecule has 2 aromatic rings. The molecular formula is C14H19N5O. The molecule has 1 amide bonds. The van der Waals surface area contributed by atoms with Crippen molar-refractivity contribution >= 4 is 17.4 Å². The first kappa shape index (κ1) is 12.9. The molecule has 6 heteroatoms. The van der Waals surface area contributed by atoms with Crippen LogP contribution in [-0.2, 0) is 11.3 Å². The van der Waals surface area contributed by atoms with Crippen molar-refractivity contribution in [2.75, 3.05) is 31.6 Å². The Balaban J connectivity index is 2.04. The smallest absolute Gasteiger partial charge is 0.239 e. The number of imidazole rings is 1. The van der Waals surface area contributed by atoms with Gasteiger partial charge >= 0.3 is 0 Å². The van der Waals surface area contributed by atoms with E-state index in [1.54, 1.807) is 0 Å². The molecule has 0 spiro atoms. The minimum atomic E-state index is 0.0648. The van der Waals surface area contributed by atoms with E-state index in [1.165, 1.54) is 0 Å². The van der Waals surface area contributed by atoms with Crippen LogP contribution < -0.4 is 15.5 Å². The fourth-order valence-corrected chi connectivity index (χ4v) is 2.61. The molecule has 2 N–H and O–H groups in total. The Morgan fingerprint density at radius 1 is 1.45 bits per heavy atom. The number of fused-ring (bicyclic) bond motifs is 1. The average molecular weight is 273 g/mol.